The van der Waals surface area contributed by atoms with Crippen molar-refractivity contribution in [2.75, 3.05) is 20.3 Å². The SMILES string of the molecule is CN=C(NCc1cc(Cl)c2c(c1)OCCCO2)NCc1c(C)nn(C)c1C. The number of hydrogen-bond acceptors (Lipinski definition) is 4. The summed E-state index contributed by atoms with van der Waals surface area (Å²) in [6.07, 6.45) is 0.850. The summed E-state index contributed by atoms with van der Waals surface area (Å²) >= 11 is 6.36. The van der Waals surface area contributed by atoms with Crippen LogP contribution in [-0.2, 0) is 20.1 Å². The van der Waals surface area contributed by atoms with Gasteiger partial charge in [-0.1, -0.05) is 11.6 Å². The molecule has 0 saturated carbocycles. The Kier molecular flexibility index (Phi) is 6.11. The van der Waals surface area contributed by atoms with Crippen LogP contribution in [-0.4, -0.2) is 36.0 Å². The van der Waals surface area contributed by atoms with Crippen molar-refractivity contribution in [2.45, 2.75) is 33.4 Å². The number of benzene rings is 1. The van der Waals surface area contributed by atoms with Crippen molar-refractivity contribution in [2.24, 2.45) is 12.0 Å². The first kappa shape index (κ1) is 19.4. The number of ether oxygens (including phenoxy) is 2. The molecule has 0 amide bonds. The molecule has 1 aliphatic heterocycles. The van der Waals surface area contributed by atoms with E-state index in [1.54, 1.807) is 7.05 Å². The molecule has 0 unspecified atom stereocenters. The molecule has 27 heavy (non-hydrogen) atoms. The fourth-order valence-electron chi connectivity index (χ4n) is 3.04. The second-order valence-electron chi connectivity index (χ2n) is 6.51. The highest BCUT2D eigenvalue weighted by molar-refractivity contribution is 6.32. The number of halogens is 1. The van der Waals surface area contributed by atoms with Crippen molar-refractivity contribution in [3.05, 3.63) is 39.7 Å². The van der Waals surface area contributed by atoms with E-state index in [-0.39, 0.29) is 0 Å². The van der Waals surface area contributed by atoms with Gasteiger partial charge in [0.25, 0.3) is 0 Å². The number of hydrogen-bond donors (Lipinski definition) is 2. The predicted octanol–water partition coefficient (Wildman–Crippen LogP) is 2.72. The van der Waals surface area contributed by atoms with Crippen LogP contribution in [0.4, 0.5) is 0 Å². The summed E-state index contributed by atoms with van der Waals surface area (Å²) in [5.41, 5.74) is 4.35. The van der Waals surface area contributed by atoms with Gasteiger partial charge < -0.3 is 20.1 Å². The van der Waals surface area contributed by atoms with E-state index in [2.05, 4.69) is 27.6 Å². The van der Waals surface area contributed by atoms with Crippen LogP contribution in [0.3, 0.4) is 0 Å². The average molecular weight is 392 g/mol. The number of guanidine groups is 1. The van der Waals surface area contributed by atoms with Gasteiger partial charge in [0.2, 0.25) is 0 Å². The molecule has 1 aromatic heterocycles. The lowest BCUT2D eigenvalue weighted by atomic mass is 10.2. The Morgan fingerprint density at radius 3 is 2.67 bits per heavy atom. The summed E-state index contributed by atoms with van der Waals surface area (Å²) < 4.78 is 13.3. The van der Waals surface area contributed by atoms with Gasteiger partial charge in [0.1, 0.15) is 0 Å². The third kappa shape index (κ3) is 4.47. The zero-order valence-corrected chi connectivity index (χ0v) is 17.0. The minimum atomic E-state index is 0.566. The highest BCUT2D eigenvalue weighted by Crippen LogP contribution is 2.37. The van der Waals surface area contributed by atoms with Crippen molar-refractivity contribution in [3.63, 3.8) is 0 Å². The van der Waals surface area contributed by atoms with Gasteiger partial charge in [-0.3, -0.25) is 9.67 Å². The zero-order valence-electron chi connectivity index (χ0n) is 16.2. The van der Waals surface area contributed by atoms with E-state index >= 15 is 0 Å². The fourth-order valence-corrected chi connectivity index (χ4v) is 3.33. The lowest BCUT2D eigenvalue weighted by Crippen LogP contribution is -2.36. The summed E-state index contributed by atoms with van der Waals surface area (Å²) in [5, 5.41) is 11.7. The Morgan fingerprint density at radius 1 is 1.22 bits per heavy atom. The van der Waals surface area contributed by atoms with Crippen LogP contribution in [0.25, 0.3) is 0 Å². The molecule has 146 valence electrons. The van der Waals surface area contributed by atoms with E-state index < -0.39 is 0 Å². The van der Waals surface area contributed by atoms with Crippen molar-refractivity contribution >= 4 is 17.6 Å². The summed E-state index contributed by atoms with van der Waals surface area (Å²) in [5.74, 6) is 2.03. The van der Waals surface area contributed by atoms with Crippen LogP contribution in [0, 0.1) is 13.8 Å². The molecular weight excluding hydrogens is 366 g/mol. The number of fused-ring (bicyclic) bond motifs is 1. The minimum Gasteiger partial charge on any atom is -0.489 e. The van der Waals surface area contributed by atoms with Crippen LogP contribution in [0.5, 0.6) is 11.5 Å². The molecule has 1 aromatic carbocycles. The maximum Gasteiger partial charge on any atom is 0.191 e. The van der Waals surface area contributed by atoms with E-state index in [9.17, 15) is 0 Å². The quantitative estimate of drug-likeness (QED) is 0.619. The van der Waals surface area contributed by atoms with Crippen LogP contribution in [0.15, 0.2) is 17.1 Å². The maximum absolute atomic E-state index is 6.36. The Bertz CT molecular complexity index is 847. The molecule has 0 saturated heterocycles. The molecule has 2 heterocycles. The first-order valence-electron chi connectivity index (χ1n) is 9.01. The highest BCUT2D eigenvalue weighted by Gasteiger charge is 2.16. The second kappa shape index (κ2) is 8.52. The number of aryl methyl sites for hydroxylation is 2. The molecule has 3 rings (SSSR count). The topological polar surface area (TPSA) is 72.7 Å². The van der Waals surface area contributed by atoms with E-state index in [4.69, 9.17) is 21.1 Å². The number of aliphatic imine (C=N–C) groups is 1. The van der Waals surface area contributed by atoms with Crippen LogP contribution in [0.2, 0.25) is 5.02 Å². The number of nitrogens with zero attached hydrogens (tertiary/aromatic N) is 3. The predicted molar refractivity (Wildman–Crippen MR) is 107 cm³/mol. The average Bonchev–Trinajstić information content (AvgIpc) is 2.82. The van der Waals surface area contributed by atoms with Crippen molar-refractivity contribution in [3.8, 4) is 11.5 Å². The van der Waals surface area contributed by atoms with E-state index in [1.807, 2.05) is 30.8 Å². The van der Waals surface area contributed by atoms with Crippen LogP contribution in [0.1, 0.15) is 28.9 Å². The van der Waals surface area contributed by atoms with Crippen LogP contribution >= 0.6 is 11.6 Å². The Hall–Kier alpha value is -2.41. The first-order valence-corrected chi connectivity index (χ1v) is 9.39. The molecule has 8 heteroatoms. The monoisotopic (exact) mass is 391 g/mol. The van der Waals surface area contributed by atoms with Crippen molar-refractivity contribution in [1.29, 1.82) is 0 Å². The lowest BCUT2D eigenvalue weighted by molar-refractivity contribution is 0.297. The molecule has 2 aromatic rings. The second-order valence-corrected chi connectivity index (χ2v) is 6.91. The van der Waals surface area contributed by atoms with Gasteiger partial charge in [-0.25, -0.2) is 0 Å². The molecular formula is C19H26ClN5O2. The molecule has 0 radical (unpaired) electrons. The van der Waals surface area contributed by atoms with E-state index in [0.29, 0.717) is 48.8 Å². The molecule has 0 spiro atoms. The molecule has 0 bridgehead atoms. The summed E-state index contributed by atoms with van der Waals surface area (Å²) in [6.45, 7) is 6.56. The first-order chi connectivity index (χ1) is 13.0. The summed E-state index contributed by atoms with van der Waals surface area (Å²) in [6, 6.07) is 3.85. The van der Waals surface area contributed by atoms with Crippen LogP contribution < -0.4 is 20.1 Å². The summed E-state index contributed by atoms with van der Waals surface area (Å²) in [7, 11) is 3.70. The van der Waals surface area contributed by atoms with Gasteiger partial charge in [-0.2, -0.15) is 5.10 Å². The van der Waals surface area contributed by atoms with Gasteiger partial charge in [0.05, 0.1) is 23.9 Å². The molecule has 1 aliphatic rings. The zero-order chi connectivity index (χ0) is 19.4. The largest absolute Gasteiger partial charge is 0.489 e. The number of rotatable bonds is 4. The molecule has 7 nitrogen and oxygen atoms in total. The normalized spacial score (nSPS) is 14.0. The van der Waals surface area contributed by atoms with E-state index in [1.165, 1.54) is 5.56 Å². The Balaban J connectivity index is 1.63. The highest BCUT2D eigenvalue weighted by atomic mass is 35.5. The Labute approximate surface area is 164 Å². The third-order valence-corrected chi connectivity index (χ3v) is 4.92. The van der Waals surface area contributed by atoms with Gasteiger partial charge in [0, 0.05) is 44.9 Å². The lowest BCUT2D eigenvalue weighted by Gasteiger charge is -2.14. The summed E-state index contributed by atoms with van der Waals surface area (Å²) in [4.78, 5) is 4.29. The fraction of sp³-hybridized carbons (Fsp3) is 0.474. The van der Waals surface area contributed by atoms with E-state index in [0.717, 1.165) is 23.4 Å². The number of aromatic nitrogens is 2. The smallest absolute Gasteiger partial charge is 0.191 e. The minimum absolute atomic E-state index is 0.566. The van der Waals surface area contributed by atoms with Gasteiger partial charge in [-0.15, -0.1) is 0 Å². The van der Waals surface area contributed by atoms with Gasteiger partial charge in [0.15, 0.2) is 17.5 Å². The third-order valence-electron chi connectivity index (χ3n) is 4.64. The maximum atomic E-state index is 6.36. The molecule has 2 N–H and O–H groups in total. The molecule has 0 atom stereocenters. The van der Waals surface area contributed by atoms with Gasteiger partial charge in [-0.05, 0) is 31.5 Å². The molecule has 0 fully saturated rings. The van der Waals surface area contributed by atoms with Crippen molar-refractivity contribution in [1.82, 2.24) is 20.4 Å². The number of nitrogens with one attached hydrogen (secondary N) is 2. The van der Waals surface area contributed by atoms with Crippen molar-refractivity contribution < 1.29 is 9.47 Å². The Morgan fingerprint density at radius 2 is 1.96 bits per heavy atom. The van der Waals surface area contributed by atoms with Gasteiger partial charge >= 0.3 is 0 Å². The standard InChI is InChI=1S/C19H26ClN5O2/c1-12-15(13(2)25(4)24-12)11-23-19(21-3)22-10-14-8-16(20)18-17(9-14)26-6-5-7-27-18/h8-9H,5-7,10-11H2,1-4H3,(H2,21,22,23). The molecule has 0 aliphatic carbocycles.